The van der Waals surface area contributed by atoms with E-state index < -0.39 is 5.60 Å². The lowest BCUT2D eigenvalue weighted by atomic mass is 9.96. The minimum atomic E-state index is -0.488. The number of rotatable bonds is 0. The van der Waals surface area contributed by atoms with Gasteiger partial charge >= 0.3 is 5.97 Å². The van der Waals surface area contributed by atoms with E-state index in [9.17, 15) is 9.59 Å². The number of ketones is 1. The third-order valence-electron chi connectivity index (χ3n) is 2.29. The standard InChI is InChI=1S/C9H12O3S2/c10-7-3-8(11)12-9(4-7)5-13-1-2-14-6-9/h1-6H2. The Labute approximate surface area is 91.3 Å². The van der Waals surface area contributed by atoms with Crippen LogP contribution in [-0.2, 0) is 14.3 Å². The van der Waals surface area contributed by atoms with Crippen LogP contribution in [0.2, 0.25) is 0 Å². The fraction of sp³-hybridized carbons (Fsp3) is 0.778. The first kappa shape index (κ1) is 10.4. The number of Topliss-reactive ketones (excluding diaryl/α,β-unsaturated/α-hetero) is 1. The van der Waals surface area contributed by atoms with Gasteiger partial charge in [0.1, 0.15) is 17.8 Å². The van der Waals surface area contributed by atoms with Crippen LogP contribution in [-0.4, -0.2) is 40.4 Å². The predicted molar refractivity (Wildman–Crippen MR) is 57.7 cm³/mol. The maximum absolute atomic E-state index is 11.3. The molecule has 14 heavy (non-hydrogen) atoms. The zero-order chi connectivity index (χ0) is 10.0. The Hall–Kier alpha value is -0.160. The molecule has 0 atom stereocenters. The van der Waals surface area contributed by atoms with Crippen molar-refractivity contribution in [3.05, 3.63) is 0 Å². The van der Waals surface area contributed by atoms with Gasteiger partial charge in [0.2, 0.25) is 0 Å². The van der Waals surface area contributed by atoms with Gasteiger partial charge in [0.15, 0.2) is 0 Å². The second-order valence-electron chi connectivity index (χ2n) is 3.65. The average molecular weight is 232 g/mol. The summed E-state index contributed by atoms with van der Waals surface area (Å²) in [6.45, 7) is 0. The Morgan fingerprint density at radius 1 is 1.14 bits per heavy atom. The van der Waals surface area contributed by atoms with Crippen molar-refractivity contribution in [1.82, 2.24) is 0 Å². The van der Waals surface area contributed by atoms with Crippen LogP contribution in [0.15, 0.2) is 0 Å². The minimum Gasteiger partial charge on any atom is -0.456 e. The maximum atomic E-state index is 11.3. The number of hydrogen-bond donors (Lipinski definition) is 0. The topological polar surface area (TPSA) is 43.4 Å². The molecule has 0 bridgehead atoms. The summed E-state index contributed by atoms with van der Waals surface area (Å²) in [6.07, 6.45) is 0.385. The normalized spacial score (nSPS) is 27.1. The van der Waals surface area contributed by atoms with Crippen LogP contribution >= 0.6 is 23.5 Å². The Balaban J connectivity index is 2.11. The Kier molecular flexibility index (Phi) is 3.07. The molecule has 0 aliphatic carbocycles. The van der Waals surface area contributed by atoms with E-state index >= 15 is 0 Å². The quantitative estimate of drug-likeness (QED) is 0.462. The van der Waals surface area contributed by atoms with Crippen molar-refractivity contribution in [2.45, 2.75) is 18.4 Å². The molecule has 0 N–H and O–H groups in total. The van der Waals surface area contributed by atoms with Crippen molar-refractivity contribution >= 4 is 35.3 Å². The van der Waals surface area contributed by atoms with Crippen LogP contribution in [0.25, 0.3) is 0 Å². The lowest BCUT2D eigenvalue weighted by Gasteiger charge is -2.34. The molecule has 0 radical (unpaired) electrons. The fourth-order valence-electron chi connectivity index (χ4n) is 1.73. The lowest BCUT2D eigenvalue weighted by Crippen LogP contribution is -2.46. The molecular formula is C9H12O3S2. The minimum absolute atomic E-state index is 0.0307. The van der Waals surface area contributed by atoms with Gasteiger partial charge in [-0.3, -0.25) is 9.59 Å². The maximum Gasteiger partial charge on any atom is 0.313 e. The second kappa shape index (κ2) is 4.14. The number of esters is 1. The molecule has 78 valence electrons. The van der Waals surface area contributed by atoms with Crippen LogP contribution in [0, 0.1) is 0 Å². The Bertz CT molecular complexity index is 239. The van der Waals surface area contributed by atoms with Crippen LogP contribution in [0.3, 0.4) is 0 Å². The molecule has 0 aromatic heterocycles. The fourth-order valence-corrected chi connectivity index (χ4v) is 4.36. The van der Waals surface area contributed by atoms with Crippen molar-refractivity contribution in [1.29, 1.82) is 0 Å². The first-order chi connectivity index (χ1) is 6.70. The van der Waals surface area contributed by atoms with E-state index in [0.29, 0.717) is 6.42 Å². The highest BCUT2D eigenvalue weighted by Gasteiger charge is 2.42. The van der Waals surface area contributed by atoms with Gasteiger partial charge in [-0.2, -0.15) is 23.5 Å². The van der Waals surface area contributed by atoms with Crippen molar-refractivity contribution in [2.24, 2.45) is 0 Å². The molecule has 0 aromatic carbocycles. The van der Waals surface area contributed by atoms with Crippen molar-refractivity contribution in [2.75, 3.05) is 23.0 Å². The summed E-state index contributed by atoms with van der Waals surface area (Å²) in [5, 5.41) is 0. The number of hydrogen-bond acceptors (Lipinski definition) is 5. The predicted octanol–water partition coefficient (Wildman–Crippen LogP) is 1.11. The molecular weight excluding hydrogens is 220 g/mol. The summed E-state index contributed by atoms with van der Waals surface area (Å²) in [7, 11) is 0. The van der Waals surface area contributed by atoms with Gasteiger partial charge in [-0.05, 0) is 0 Å². The molecule has 2 aliphatic heterocycles. The van der Waals surface area contributed by atoms with Gasteiger partial charge in [-0.1, -0.05) is 0 Å². The molecule has 2 heterocycles. The molecule has 3 nitrogen and oxygen atoms in total. The van der Waals surface area contributed by atoms with Crippen LogP contribution < -0.4 is 0 Å². The lowest BCUT2D eigenvalue weighted by molar-refractivity contribution is -0.165. The summed E-state index contributed by atoms with van der Waals surface area (Å²) >= 11 is 3.55. The largest absolute Gasteiger partial charge is 0.456 e. The van der Waals surface area contributed by atoms with Gasteiger partial charge in [0, 0.05) is 29.4 Å². The molecule has 0 unspecified atom stereocenters. The van der Waals surface area contributed by atoms with Gasteiger partial charge in [-0.25, -0.2) is 0 Å². The highest BCUT2D eigenvalue weighted by molar-refractivity contribution is 8.03. The monoisotopic (exact) mass is 232 g/mol. The second-order valence-corrected chi connectivity index (χ2v) is 5.86. The molecule has 5 heteroatoms. The molecule has 2 saturated heterocycles. The third-order valence-corrected chi connectivity index (χ3v) is 5.00. The van der Waals surface area contributed by atoms with Crippen molar-refractivity contribution in [3.63, 3.8) is 0 Å². The number of carbonyl (C=O) groups excluding carboxylic acids is 2. The molecule has 2 fully saturated rings. The van der Waals surface area contributed by atoms with Gasteiger partial charge in [0.25, 0.3) is 0 Å². The molecule has 0 saturated carbocycles. The highest BCUT2D eigenvalue weighted by Crippen LogP contribution is 2.33. The summed E-state index contributed by atoms with van der Waals surface area (Å²) in [4.78, 5) is 22.5. The molecule has 2 rings (SSSR count). The third kappa shape index (κ3) is 2.25. The van der Waals surface area contributed by atoms with E-state index in [1.165, 1.54) is 0 Å². The SMILES string of the molecule is O=C1CC(=O)OC2(CSCCSC2)C1. The molecule has 1 spiro atoms. The van der Waals surface area contributed by atoms with Crippen molar-refractivity contribution < 1.29 is 14.3 Å². The first-order valence-corrected chi connectivity index (χ1v) is 6.90. The summed E-state index contributed by atoms with van der Waals surface area (Å²) in [5.74, 6) is 3.40. The summed E-state index contributed by atoms with van der Waals surface area (Å²) < 4.78 is 5.36. The van der Waals surface area contributed by atoms with Gasteiger partial charge < -0.3 is 4.74 Å². The van der Waals surface area contributed by atoms with E-state index in [-0.39, 0.29) is 18.2 Å². The summed E-state index contributed by atoms with van der Waals surface area (Å²) in [5.41, 5.74) is -0.488. The molecule has 2 aliphatic rings. The van der Waals surface area contributed by atoms with Crippen LogP contribution in [0.1, 0.15) is 12.8 Å². The number of carbonyl (C=O) groups is 2. The Morgan fingerprint density at radius 2 is 1.79 bits per heavy atom. The van der Waals surface area contributed by atoms with E-state index in [1.807, 2.05) is 0 Å². The van der Waals surface area contributed by atoms with E-state index in [0.717, 1.165) is 23.0 Å². The average Bonchev–Trinajstić information content (AvgIpc) is 2.28. The van der Waals surface area contributed by atoms with Gasteiger partial charge in [0.05, 0.1) is 0 Å². The number of ether oxygens (including phenoxy) is 1. The van der Waals surface area contributed by atoms with E-state index in [1.54, 1.807) is 23.5 Å². The summed E-state index contributed by atoms with van der Waals surface area (Å²) in [6, 6.07) is 0. The zero-order valence-corrected chi connectivity index (χ0v) is 9.42. The molecule has 0 amide bonds. The van der Waals surface area contributed by atoms with Gasteiger partial charge in [-0.15, -0.1) is 0 Å². The number of thioether (sulfide) groups is 2. The van der Waals surface area contributed by atoms with Crippen molar-refractivity contribution in [3.8, 4) is 0 Å². The highest BCUT2D eigenvalue weighted by atomic mass is 32.2. The zero-order valence-electron chi connectivity index (χ0n) is 7.78. The van der Waals surface area contributed by atoms with E-state index in [2.05, 4.69) is 0 Å². The Morgan fingerprint density at radius 3 is 2.36 bits per heavy atom. The van der Waals surface area contributed by atoms with Crippen LogP contribution in [0.4, 0.5) is 0 Å². The molecule has 0 aromatic rings. The van der Waals surface area contributed by atoms with Crippen LogP contribution in [0.5, 0.6) is 0 Å². The van der Waals surface area contributed by atoms with E-state index in [4.69, 9.17) is 4.74 Å². The first-order valence-electron chi connectivity index (χ1n) is 4.59. The smallest absolute Gasteiger partial charge is 0.313 e.